The molecule has 0 radical (unpaired) electrons. The quantitative estimate of drug-likeness (QED) is 0.874. The van der Waals surface area contributed by atoms with E-state index in [4.69, 9.17) is 5.14 Å². The minimum atomic E-state index is -3.65. The van der Waals surface area contributed by atoms with Gasteiger partial charge in [0.25, 0.3) is 0 Å². The van der Waals surface area contributed by atoms with E-state index in [0.717, 1.165) is 11.4 Å². The van der Waals surface area contributed by atoms with Gasteiger partial charge in [-0.3, -0.25) is 0 Å². The lowest BCUT2D eigenvalue weighted by Gasteiger charge is -2.08. The van der Waals surface area contributed by atoms with Gasteiger partial charge in [-0.25, -0.2) is 13.6 Å². The Bertz CT molecular complexity index is 647. The van der Waals surface area contributed by atoms with Crippen molar-refractivity contribution in [2.75, 3.05) is 5.32 Å². The third-order valence-corrected chi connectivity index (χ3v) is 3.60. The molecule has 96 valence electrons. The van der Waals surface area contributed by atoms with E-state index in [-0.39, 0.29) is 4.90 Å². The van der Waals surface area contributed by atoms with Gasteiger partial charge in [-0.15, -0.1) is 0 Å². The molecular formula is C12H15N3O2S. The first-order chi connectivity index (χ1) is 8.47. The molecule has 2 aromatic rings. The molecule has 0 unspecified atom stereocenters. The fourth-order valence-electron chi connectivity index (χ4n) is 1.66. The Morgan fingerprint density at radius 2 is 2.06 bits per heavy atom. The highest BCUT2D eigenvalue weighted by molar-refractivity contribution is 7.89. The van der Waals surface area contributed by atoms with Crippen molar-refractivity contribution in [1.29, 1.82) is 0 Å². The summed E-state index contributed by atoms with van der Waals surface area (Å²) in [5.41, 5.74) is 1.83. The molecule has 0 amide bonds. The highest BCUT2D eigenvalue weighted by Gasteiger charge is 2.07. The van der Waals surface area contributed by atoms with Gasteiger partial charge in [0.05, 0.1) is 11.4 Å². The van der Waals surface area contributed by atoms with E-state index in [0.29, 0.717) is 6.54 Å². The van der Waals surface area contributed by atoms with Crippen LogP contribution in [0.5, 0.6) is 0 Å². The summed E-state index contributed by atoms with van der Waals surface area (Å²) in [5, 5.41) is 8.24. The predicted octanol–water partition coefficient (Wildman–Crippen LogP) is 1.28. The summed E-state index contributed by atoms with van der Waals surface area (Å²) in [5.74, 6) is 0. The number of hydrogen-bond donors (Lipinski definition) is 2. The van der Waals surface area contributed by atoms with Gasteiger partial charge in [-0.05, 0) is 30.3 Å². The molecule has 0 aliphatic rings. The average Bonchev–Trinajstić information content (AvgIpc) is 2.72. The van der Waals surface area contributed by atoms with Crippen LogP contribution in [-0.2, 0) is 23.6 Å². The molecule has 18 heavy (non-hydrogen) atoms. The lowest BCUT2D eigenvalue weighted by atomic mass is 10.3. The van der Waals surface area contributed by atoms with Crippen molar-refractivity contribution in [3.63, 3.8) is 0 Å². The van der Waals surface area contributed by atoms with Crippen molar-refractivity contribution in [2.24, 2.45) is 12.2 Å². The van der Waals surface area contributed by atoms with Gasteiger partial charge in [0.1, 0.15) is 0 Å². The Hall–Kier alpha value is -1.79. The van der Waals surface area contributed by atoms with Crippen LogP contribution in [0.15, 0.2) is 47.5 Å². The number of anilines is 1. The van der Waals surface area contributed by atoms with Crippen LogP contribution in [0.1, 0.15) is 5.69 Å². The lowest BCUT2D eigenvalue weighted by Crippen LogP contribution is -2.12. The summed E-state index contributed by atoms with van der Waals surface area (Å²) in [6, 6.07) is 10.4. The van der Waals surface area contributed by atoms with Gasteiger partial charge >= 0.3 is 0 Å². The molecule has 0 bridgehead atoms. The van der Waals surface area contributed by atoms with Gasteiger partial charge in [0, 0.05) is 24.6 Å². The Morgan fingerprint density at radius 3 is 2.67 bits per heavy atom. The molecule has 0 saturated carbocycles. The molecule has 6 heteroatoms. The fraction of sp³-hybridized carbons (Fsp3) is 0.167. The number of primary sulfonamides is 1. The molecule has 0 aliphatic heterocycles. The Labute approximate surface area is 106 Å². The minimum Gasteiger partial charge on any atom is -0.379 e. The van der Waals surface area contributed by atoms with E-state index in [1.807, 2.05) is 29.9 Å². The third kappa shape index (κ3) is 2.91. The Kier molecular flexibility index (Phi) is 3.40. The van der Waals surface area contributed by atoms with E-state index in [1.54, 1.807) is 12.1 Å². The van der Waals surface area contributed by atoms with Crippen molar-refractivity contribution < 1.29 is 8.42 Å². The molecule has 2 rings (SSSR count). The maximum Gasteiger partial charge on any atom is 0.238 e. The van der Waals surface area contributed by atoms with Gasteiger partial charge < -0.3 is 9.88 Å². The molecule has 5 nitrogen and oxygen atoms in total. The third-order valence-electron chi connectivity index (χ3n) is 2.69. The molecule has 1 heterocycles. The lowest BCUT2D eigenvalue weighted by molar-refractivity contribution is 0.598. The van der Waals surface area contributed by atoms with Crippen LogP contribution in [0, 0.1) is 0 Å². The summed E-state index contributed by atoms with van der Waals surface area (Å²) >= 11 is 0. The molecule has 3 N–H and O–H groups in total. The largest absolute Gasteiger partial charge is 0.379 e. The zero-order chi connectivity index (χ0) is 13.2. The topological polar surface area (TPSA) is 77.1 Å². The first-order valence-corrected chi connectivity index (χ1v) is 6.98. The van der Waals surface area contributed by atoms with Crippen molar-refractivity contribution in [2.45, 2.75) is 11.4 Å². The van der Waals surface area contributed by atoms with Crippen molar-refractivity contribution >= 4 is 15.7 Å². The number of sulfonamides is 1. The number of aromatic nitrogens is 1. The van der Waals surface area contributed by atoms with E-state index < -0.39 is 10.0 Å². The van der Waals surface area contributed by atoms with Crippen LogP contribution in [0.4, 0.5) is 5.69 Å². The predicted molar refractivity (Wildman–Crippen MR) is 70.6 cm³/mol. The van der Waals surface area contributed by atoms with E-state index >= 15 is 0 Å². The summed E-state index contributed by atoms with van der Waals surface area (Å²) in [7, 11) is -1.69. The molecule has 0 spiro atoms. The highest BCUT2D eigenvalue weighted by atomic mass is 32.2. The van der Waals surface area contributed by atoms with Crippen LogP contribution in [0.3, 0.4) is 0 Å². The molecule has 1 aromatic heterocycles. The number of nitrogens with one attached hydrogen (secondary N) is 1. The number of nitrogens with two attached hydrogens (primary N) is 1. The molecule has 0 saturated heterocycles. The van der Waals surface area contributed by atoms with Crippen molar-refractivity contribution in [1.82, 2.24) is 4.57 Å². The molecule has 0 fully saturated rings. The van der Waals surface area contributed by atoms with E-state index in [9.17, 15) is 8.42 Å². The summed E-state index contributed by atoms with van der Waals surface area (Å²) in [6.45, 7) is 0.623. The molecule has 1 aromatic carbocycles. The molecule has 0 atom stereocenters. The number of aryl methyl sites for hydroxylation is 1. The SMILES string of the molecule is Cn1cccc1CNc1cccc(S(N)(=O)=O)c1. The molecule has 0 aliphatic carbocycles. The maximum absolute atomic E-state index is 11.2. The van der Waals surface area contributed by atoms with E-state index in [2.05, 4.69) is 5.32 Å². The van der Waals surface area contributed by atoms with Crippen molar-refractivity contribution in [3.8, 4) is 0 Å². The minimum absolute atomic E-state index is 0.111. The first kappa shape index (κ1) is 12.7. The zero-order valence-electron chi connectivity index (χ0n) is 10.00. The zero-order valence-corrected chi connectivity index (χ0v) is 10.8. The fourth-order valence-corrected chi connectivity index (χ4v) is 2.22. The van der Waals surface area contributed by atoms with Gasteiger partial charge in [0.2, 0.25) is 10.0 Å². The summed E-state index contributed by atoms with van der Waals surface area (Å²) < 4.78 is 24.4. The summed E-state index contributed by atoms with van der Waals surface area (Å²) in [4.78, 5) is 0.111. The monoisotopic (exact) mass is 265 g/mol. The normalized spacial score (nSPS) is 11.4. The second kappa shape index (κ2) is 4.83. The summed E-state index contributed by atoms with van der Waals surface area (Å²) in [6.07, 6.45) is 1.96. The second-order valence-electron chi connectivity index (χ2n) is 4.04. The number of rotatable bonds is 4. The van der Waals surface area contributed by atoms with Crippen LogP contribution in [0.2, 0.25) is 0 Å². The Morgan fingerprint density at radius 1 is 1.28 bits per heavy atom. The number of benzene rings is 1. The smallest absolute Gasteiger partial charge is 0.238 e. The van der Waals surface area contributed by atoms with Gasteiger partial charge in [-0.1, -0.05) is 6.07 Å². The van der Waals surface area contributed by atoms with Crippen LogP contribution in [-0.4, -0.2) is 13.0 Å². The van der Waals surface area contributed by atoms with Crippen LogP contribution >= 0.6 is 0 Å². The Balaban J connectivity index is 2.13. The maximum atomic E-state index is 11.2. The van der Waals surface area contributed by atoms with Crippen LogP contribution in [0.25, 0.3) is 0 Å². The van der Waals surface area contributed by atoms with Crippen LogP contribution < -0.4 is 10.5 Å². The van der Waals surface area contributed by atoms with Gasteiger partial charge in [0.15, 0.2) is 0 Å². The second-order valence-corrected chi connectivity index (χ2v) is 5.60. The standard InChI is InChI=1S/C12H15N3O2S/c1-15-7-3-5-11(15)9-14-10-4-2-6-12(8-10)18(13,16)17/h2-8,14H,9H2,1H3,(H2,13,16,17). The van der Waals surface area contributed by atoms with Gasteiger partial charge in [-0.2, -0.15) is 0 Å². The first-order valence-electron chi connectivity index (χ1n) is 5.44. The number of nitrogens with zero attached hydrogens (tertiary/aromatic N) is 1. The average molecular weight is 265 g/mol. The molecular weight excluding hydrogens is 250 g/mol. The number of hydrogen-bond acceptors (Lipinski definition) is 3. The van der Waals surface area contributed by atoms with E-state index in [1.165, 1.54) is 12.1 Å². The van der Waals surface area contributed by atoms with Crippen molar-refractivity contribution in [3.05, 3.63) is 48.3 Å². The highest BCUT2D eigenvalue weighted by Crippen LogP contribution is 2.15.